The van der Waals surface area contributed by atoms with E-state index in [2.05, 4.69) is 37.5 Å². The predicted octanol–water partition coefficient (Wildman–Crippen LogP) is 3.79. The lowest BCUT2D eigenvalue weighted by molar-refractivity contribution is -0.0592. The van der Waals surface area contributed by atoms with Gasteiger partial charge in [-0.2, -0.15) is 4.98 Å². The zero-order valence-electron chi connectivity index (χ0n) is 24.5. The highest BCUT2D eigenvalue weighted by atomic mass is 16.5. The highest BCUT2D eigenvalue weighted by molar-refractivity contribution is 5.93. The topological polar surface area (TPSA) is 99.8 Å². The molecule has 2 fully saturated rings. The zero-order chi connectivity index (χ0) is 29.3. The molecule has 7 rings (SSSR count). The Morgan fingerprint density at radius 2 is 1.86 bits per heavy atom. The third kappa shape index (κ3) is 5.65. The number of aromatic nitrogens is 5. The summed E-state index contributed by atoms with van der Waals surface area (Å²) in [4.78, 5) is 31.1. The third-order valence-electron chi connectivity index (χ3n) is 8.37. The molecule has 0 aliphatic carbocycles. The van der Waals surface area contributed by atoms with Crippen LogP contribution >= 0.6 is 0 Å². The fourth-order valence-corrected chi connectivity index (χ4v) is 5.80. The maximum atomic E-state index is 12.2. The van der Waals surface area contributed by atoms with Crippen LogP contribution in [0.3, 0.4) is 0 Å². The van der Waals surface area contributed by atoms with Gasteiger partial charge in [0, 0.05) is 45.9 Å². The van der Waals surface area contributed by atoms with Gasteiger partial charge in [-0.25, -0.2) is 14.8 Å². The summed E-state index contributed by atoms with van der Waals surface area (Å²) in [6, 6.07) is 17.7. The van der Waals surface area contributed by atoms with Crippen LogP contribution in [0.5, 0.6) is 5.88 Å². The first-order chi connectivity index (χ1) is 21.0. The molecule has 0 N–H and O–H groups in total. The first kappa shape index (κ1) is 27.4. The molecule has 3 aromatic heterocycles. The van der Waals surface area contributed by atoms with Gasteiger partial charge < -0.3 is 28.2 Å². The van der Waals surface area contributed by atoms with Crippen LogP contribution < -0.4 is 9.64 Å². The summed E-state index contributed by atoms with van der Waals surface area (Å²) in [5.74, 6) is 2.17. The number of methoxy groups -OCH3 is 1. The van der Waals surface area contributed by atoms with E-state index in [1.165, 1.54) is 7.11 Å². The first-order valence-corrected chi connectivity index (χ1v) is 14.7. The van der Waals surface area contributed by atoms with Gasteiger partial charge in [-0.05, 0) is 48.4 Å². The van der Waals surface area contributed by atoms with Gasteiger partial charge in [0.05, 0.1) is 60.3 Å². The van der Waals surface area contributed by atoms with Crippen molar-refractivity contribution in [2.75, 3.05) is 44.8 Å². The van der Waals surface area contributed by atoms with Crippen molar-refractivity contribution >= 4 is 33.9 Å². The van der Waals surface area contributed by atoms with Gasteiger partial charge in [0.2, 0.25) is 5.88 Å². The van der Waals surface area contributed by atoms with Crippen LogP contribution in [0.4, 0.5) is 5.82 Å². The number of aryl methyl sites for hydroxylation is 1. The Morgan fingerprint density at radius 3 is 2.65 bits per heavy atom. The van der Waals surface area contributed by atoms with E-state index in [9.17, 15) is 4.79 Å². The van der Waals surface area contributed by atoms with Crippen LogP contribution in [-0.2, 0) is 36.2 Å². The number of esters is 1. The molecule has 2 aliphatic heterocycles. The Labute approximate surface area is 249 Å². The summed E-state index contributed by atoms with van der Waals surface area (Å²) in [5.41, 5.74) is 5.46. The van der Waals surface area contributed by atoms with Crippen LogP contribution in [0, 0.1) is 0 Å². The Hall–Kier alpha value is -4.48. The normalized spacial score (nSPS) is 17.3. The molecule has 5 heterocycles. The van der Waals surface area contributed by atoms with Crippen LogP contribution in [0.15, 0.2) is 60.9 Å². The smallest absolute Gasteiger partial charge is 0.337 e. The molecule has 2 saturated heterocycles. The van der Waals surface area contributed by atoms with Crippen molar-refractivity contribution in [1.82, 2.24) is 29.0 Å². The van der Waals surface area contributed by atoms with Crippen molar-refractivity contribution in [2.24, 2.45) is 7.05 Å². The molecular formula is C32H35N7O4. The lowest BCUT2D eigenvalue weighted by Gasteiger charge is -2.35. The van der Waals surface area contributed by atoms with Gasteiger partial charge in [-0.1, -0.05) is 12.1 Å². The minimum absolute atomic E-state index is 0.174. The van der Waals surface area contributed by atoms with E-state index in [1.807, 2.05) is 48.3 Å². The molecule has 0 amide bonds. The Balaban J connectivity index is 1.00. The van der Waals surface area contributed by atoms with Crippen molar-refractivity contribution in [2.45, 2.75) is 32.2 Å². The summed E-state index contributed by atoms with van der Waals surface area (Å²) >= 11 is 0. The molecule has 1 atom stereocenters. The lowest BCUT2D eigenvalue weighted by atomic mass is 10.1. The van der Waals surface area contributed by atoms with E-state index in [4.69, 9.17) is 24.2 Å². The number of carbonyl (C=O) groups excluding carboxylic acids is 1. The van der Waals surface area contributed by atoms with E-state index in [0.717, 1.165) is 91.6 Å². The van der Waals surface area contributed by atoms with Crippen LogP contribution in [0.25, 0.3) is 22.1 Å². The van der Waals surface area contributed by atoms with E-state index in [1.54, 1.807) is 6.07 Å². The summed E-state index contributed by atoms with van der Waals surface area (Å²) in [6.45, 7) is 6.15. The molecule has 2 aliphatic rings. The van der Waals surface area contributed by atoms with Gasteiger partial charge >= 0.3 is 5.97 Å². The average molecular weight is 582 g/mol. The fourth-order valence-electron chi connectivity index (χ4n) is 5.80. The number of rotatable bonds is 9. The molecular weight excluding hydrogens is 546 g/mol. The van der Waals surface area contributed by atoms with Gasteiger partial charge in [0.1, 0.15) is 18.2 Å². The second-order valence-corrected chi connectivity index (χ2v) is 11.2. The molecule has 11 nitrogen and oxygen atoms in total. The van der Waals surface area contributed by atoms with Crippen LogP contribution in [0.1, 0.15) is 28.2 Å². The number of ether oxygens (including phenoxy) is 3. The third-order valence-corrected chi connectivity index (χ3v) is 8.37. The van der Waals surface area contributed by atoms with Gasteiger partial charge in [0.15, 0.2) is 0 Å². The molecule has 43 heavy (non-hydrogen) atoms. The standard InChI is InChI=1S/C32H35N7O4/c1-36-21-33-26-16-22(6-9-27(26)36)20-43-31-5-3-4-29(35-31)38-13-11-37(12-14-38)19-30-34-25-8-7-23(32(40)41-2)17-28(25)39(30)18-24-10-15-42-24/h3-9,16-17,21,24H,10-15,18-20H2,1-2H3. The number of piperazine rings is 1. The van der Waals surface area contributed by atoms with Gasteiger partial charge in [-0.15, -0.1) is 0 Å². The molecule has 5 aromatic rings. The molecule has 0 spiro atoms. The van der Waals surface area contributed by atoms with Crippen molar-refractivity contribution < 1.29 is 19.0 Å². The second kappa shape index (κ2) is 11.7. The van der Waals surface area contributed by atoms with Crippen molar-refractivity contribution in [1.29, 1.82) is 0 Å². The van der Waals surface area contributed by atoms with E-state index in [-0.39, 0.29) is 12.1 Å². The number of hydrogen-bond donors (Lipinski definition) is 0. The van der Waals surface area contributed by atoms with E-state index >= 15 is 0 Å². The van der Waals surface area contributed by atoms with Gasteiger partial charge in [0.25, 0.3) is 0 Å². The SMILES string of the molecule is COC(=O)c1ccc2nc(CN3CCN(c4cccc(OCc5ccc6c(c5)ncn6C)n4)CC3)n(CC3CCO3)c2c1. The first-order valence-electron chi connectivity index (χ1n) is 14.7. The summed E-state index contributed by atoms with van der Waals surface area (Å²) in [7, 11) is 3.39. The molecule has 1 unspecified atom stereocenters. The highest BCUT2D eigenvalue weighted by Crippen LogP contribution is 2.25. The lowest BCUT2D eigenvalue weighted by Crippen LogP contribution is -2.46. The highest BCUT2D eigenvalue weighted by Gasteiger charge is 2.25. The number of pyridine rings is 1. The number of nitrogens with zero attached hydrogens (tertiary/aromatic N) is 7. The number of benzene rings is 2. The molecule has 222 valence electrons. The number of carbonyl (C=O) groups is 1. The van der Waals surface area contributed by atoms with E-state index in [0.29, 0.717) is 18.1 Å². The van der Waals surface area contributed by atoms with E-state index < -0.39 is 0 Å². The Kier molecular flexibility index (Phi) is 7.42. The maximum Gasteiger partial charge on any atom is 0.337 e. The second-order valence-electron chi connectivity index (χ2n) is 11.2. The Morgan fingerprint density at radius 1 is 1.00 bits per heavy atom. The Bertz CT molecular complexity index is 1770. The molecule has 11 heteroatoms. The fraction of sp³-hybridized carbons (Fsp3) is 0.375. The molecule has 0 saturated carbocycles. The van der Waals surface area contributed by atoms with Crippen molar-refractivity contribution in [3.8, 4) is 5.88 Å². The van der Waals surface area contributed by atoms with Crippen molar-refractivity contribution in [3.05, 3.63) is 77.9 Å². The number of hydrogen-bond acceptors (Lipinski definition) is 9. The zero-order valence-corrected chi connectivity index (χ0v) is 24.5. The predicted molar refractivity (Wildman–Crippen MR) is 162 cm³/mol. The number of fused-ring (bicyclic) bond motifs is 2. The van der Waals surface area contributed by atoms with Gasteiger partial charge in [-0.3, -0.25) is 4.90 Å². The number of imidazole rings is 2. The minimum atomic E-state index is -0.346. The van der Waals surface area contributed by atoms with Crippen molar-refractivity contribution in [3.63, 3.8) is 0 Å². The molecule has 0 radical (unpaired) electrons. The summed E-state index contributed by atoms with van der Waals surface area (Å²) in [6.07, 6.45) is 3.03. The monoisotopic (exact) mass is 581 g/mol. The molecule has 2 aromatic carbocycles. The minimum Gasteiger partial charge on any atom is -0.473 e. The van der Waals surface area contributed by atoms with Crippen LogP contribution in [-0.4, -0.2) is 81.0 Å². The largest absolute Gasteiger partial charge is 0.473 e. The average Bonchev–Trinajstić information content (AvgIpc) is 3.56. The molecule has 0 bridgehead atoms. The summed E-state index contributed by atoms with van der Waals surface area (Å²) < 4.78 is 21.0. The quantitative estimate of drug-likeness (QED) is 0.241. The van der Waals surface area contributed by atoms with Crippen LogP contribution in [0.2, 0.25) is 0 Å². The number of anilines is 1. The summed E-state index contributed by atoms with van der Waals surface area (Å²) in [5, 5.41) is 0. The maximum absolute atomic E-state index is 12.2.